The lowest BCUT2D eigenvalue weighted by atomic mass is 9.84. The molecule has 2 rings (SSSR count). The number of carbonyl (C=O) groups is 4. The van der Waals surface area contributed by atoms with Gasteiger partial charge >= 0.3 is 6.09 Å². The molecule has 0 aromatic carbocycles. The third kappa shape index (κ3) is 9.60. The summed E-state index contributed by atoms with van der Waals surface area (Å²) in [6.45, 7) is 11.8. The summed E-state index contributed by atoms with van der Waals surface area (Å²) in [5.41, 5.74) is 6.83. The first-order valence-electron chi connectivity index (χ1n) is 14.3. The van der Waals surface area contributed by atoms with E-state index in [1.165, 1.54) is 13.2 Å². The van der Waals surface area contributed by atoms with Crippen molar-refractivity contribution < 1.29 is 33.4 Å². The summed E-state index contributed by atoms with van der Waals surface area (Å²) < 4.78 is 17.1. The minimum Gasteiger partial charge on any atom is -0.439 e. The van der Waals surface area contributed by atoms with Gasteiger partial charge in [-0.1, -0.05) is 44.2 Å². The van der Waals surface area contributed by atoms with Crippen molar-refractivity contribution in [2.24, 2.45) is 17.6 Å². The molecule has 0 aromatic heterocycles. The quantitative estimate of drug-likeness (QED) is 0.255. The zero-order valence-corrected chi connectivity index (χ0v) is 26.2. The minimum atomic E-state index is -0.955. The van der Waals surface area contributed by atoms with Gasteiger partial charge in [0.05, 0.1) is 17.5 Å². The molecule has 236 valence electrons. The van der Waals surface area contributed by atoms with E-state index in [9.17, 15) is 19.2 Å². The van der Waals surface area contributed by atoms with Crippen LogP contribution < -0.4 is 21.7 Å². The zero-order valence-electron chi connectivity index (χ0n) is 26.2. The van der Waals surface area contributed by atoms with Gasteiger partial charge in [-0.15, -0.1) is 6.58 Å². The molecule has 0 radical (unpaired) electrons. The van der Waals surface area contributed by atoms with Crippen LogP contribution in [0.4, 0.5) is 4.79 Å². The van der Waals surface area contributed by atoms with Crippen LogP contribution in [-0.2, 0) is 28.6 Å². The summed E-state index contributed by atoms with van der Waals surface area (Å²) in [5, 5.41) is 8.95. The molecule has 0 saturated heterocycles. The Morgan fingerprint density at radius 1 is 1.19 bits per heavy atom. The van der Waals surface area contributed by atoms with Gasteiger partial charge in [-0.05, 0) is 44.1 Å². The van der Waals surface area contributed by atoms with Gasteiger partial charge < -0.3 is 35.9 Å². The number of hydrogen-bond donors (Lipinski definition) is 4. The Hall–Kier alpha value is -3.80. The first-order valence-corrected chi connectivity index (χ1v) is 14.3. The van der Waals surface area contributed by atoms with Gasteiger partial charge in [-0.3, -0.25) is 14.4 Å². The Morgan fingerprint density at radius 2 is 1.88 bits per heavy atom. The summed E-state index contributed by atoms with van der Waals surface area (Å²) in [5.74, 6) is -1.56. The molecule has 43 heavy (non-hydrogen) atoms. The average Bonchev–Trinajstić information content (AvgIpc) is 2.95. The molecule has 2 bridgehead atoms. The van der Waals surface area contributed by atoms with Crippen LogP contribution >= 0.6 is 0 Å². The smallest absolute Gasteiger partial charge is 0.405 e. The Bertz CT molecular complexity index is 1230. The van der Waals surface area contributed by atoms with Gasteiger partial charge in [0.25, 0.3) is 5.91 Å². The summed E-state index contributed by atoms with van der Waals surface area (Å²) in [6.07, 6.45) is 7.64. The molecule has 0 saturated carbocycles. The normalized spacial score (nSPS) is 31.1. The highest BCUT2D eigenvalue weighted by atomic mass is 16.6. The van der Waals surface area contributed by atoms with E-state index >= 15 is 0 Å². The number of ketones is 2. The maximum atomic E-state index is 13.5. The standard InChI is InChI=1S/C32H46N4O7/c1-9-13-35-27-20(4)16-21(5)30(43-32(33)40)25(41-7)12-10-11-19(3)31(39)36-23-17-24(37)28(34-6)22(29(23)38)14-18(2)15-26(27)42-8/h9-12,16-18,20,25-27,30,34-35H,1,13-15H2,2-8H3,(H2,33,40)(H,36,39)/b12-10+,19-11+,21-16+/t18-,20+,25+,26+,27-,30+/m1/s1. The van der Waals surface area contributed by atoms with E-state index in [0.29, 0.717) is 24.1 Å². The number of ether oxygens (including phenoxy) is 3. The third-order valence-electron chi connectivity index (χ3n) is 7.59. The van der Waals surface area contributed by atoms with Gasteiger partial charge in [0.1, 0.15) is 6.10 Å². The second kappa shape index (κ2) is 16.7. The SMILES string of the molecule is C=CCN[C@H]1[C@@H](OC)C[C@H](C)CC2=C(NC)C(=O)C=C(NC(=O)/C(C)=C/C=C/[C@H](OC)[C@@H](OC(N)=O)/C(C)=C/[C@@H]1C)C2=O. The maximum Gasteiger partial charge on any atom is 0.405 e. The predicted molar refractivity (Wildman–Crippen MR) is 165 cm³/mol. The summed E-state index contributed by atoms with van der Waals surface area (Å²) in [6, 6.07) is -0.199. The number of hydrogen-bond acceptors (Lipinski definition) is 9. The van der Waals surface area contributed by atoms with E-state index in [1.54, 1.807) is 39.3 Å². The van der Waals surface area contributed by atoms with E-state index in [0.717, 1.165) is 6.08 Å². The van der Waals surface area contributed by atoms with Crippen molar-refractivity contribution in [1.29, 1.82) is 0 Å². The average molecular weight is 599 g/mol. The van der Waals surface area contributed by atoms with Gasteiger partial charge in [0.2, 0.25) is 11.6 Å². The van der Waals surface area contributed by atoms with Crippen molar-refractivity contribution in [3.8, 4) is 0 Å². The van der Waals surface area contributed by atoms with Gasteiger partial charge in [-0.25, -0.2) is 4.79 Å². The second-order valence-electron chi connectivity index (χ2n) is 10.9. The van der Waals surface area contributed by atoms with Crippen LogP contribution in [0.1, 0.15) is 40.5 Å². The van der Waals surface area contributed by atoms with Crippen molar-refractivity contribution in [3.63, 3.8) is 0 Å². The van der Waals surface area contributed by atoms with Crippen molar-refractivity contribution in [2.45, 2.75) is 64.9 Å². The van der Waals surface area contributed by atoms with Gasteiger partial charge in [-0.2, -0.15) is 0 Å². The molecule has 11 heteroatoms. The molecule has 0 aromatic rings. The van der Waals surface area contributed by atoms with Crippen molar-refractivity contribution in [2.75, 3.05) is 27.8 Å². The largest absolute Gasteiger partial charge is 0.439 e. The number of amides is 2. The number of methoxy groups -OCH3 is 2. The molecule has 11 nitrogen and oxygen atoms in total. The lowest BCUT2D eigenvalue weighted by molar-refractivity contribution is -0.120. The number of nitrogens with one attached hydrogen (secondary N) is 3. The molecule has 1 aliphatic carbocycles. The minimum absolute atomic E-state index is 0.0854. The zero-order chi connectivity index (χ0) is 32.3. The molecule has 0 fully saturated rings. The summed E-state index contributed by atoms with van der Waals surface area (Å²) >= 11 is 0. The molecule has 0 spiro atoms. The highest BCUT2D eigenvalue weighted by Gasteiger charge is 2.33. The Labute approximate surface area is 254 Å². The van der Waals surface area contributed by atoms with Crippen molar-refractivity contribution in [1.82, 2.24) is 16.0 Å². The molecular weight excluding hydrogens is 552 g/mol. The summed E-state index contributed by atoms with van der Waals surface area (Å²) in [7, 11) is 4.69. The van der Waals surface area contributed by atoms with Gasteiger partial charge in [0.15, 0.2) is 6.10 Å². The topological polar surface area (TPSA) is 158 Å². The fourth-order valence-electron chi connectivity index (χ4n) is 5.41. The number of fused-ring (bicyclic) bond motifs is 2. The third-order valence-corrected chi connectivity index (χ3v) is 7.59. The van der Waals surface area contributed by atoms with E-state index in [1.807, 2.05) is 26.8 Å². The monoisotopic (exact) mass is 598 g/mol. The Morgan fingerprint density at radius 3 is 2.47 bits per heavy atom. The molecule has 2 amide bonds. The van der Waals surface area contributed by atoms with Crippen LogP contribution in [0.15, 0.2) is 71.1 Å². The van der Waals surface area contributed by atoms with Crippen molar-refractivity contribution in [3.05, 3.63) is 71.1 Å². The molecule has 1 aliphatic heterocycles. The lowest BCUT2D eigenvalue weighted by Gasteiger charge is -2.33. The Balaban J connectivity index is 2.68. The maximum absolute atomic E-state index is 13.5. The van der Waals surface area contributed by atoms with E-state index in [-0.39, 0.29) is 47.4 Å². The molecule has 1 heterocycles. The van der Waals surface area contributed by atoms with Crippen LogP contribution in [-0.4, -0.2) is 75.7 Å². The van der Waals surface area contributed by atoms with Crippen molar-refractivity contribution >= 4 is 23.6 Å². The van der Waals surface area contributed by atoms with Gasteiger partial charge in [0, 0.05) is 51.1 Å². The van der Waals surface area contributed by atoms with Crippen LogP contribution in [0.2, 0.25) is 0 Å². The highest BCUT2D eigenvalue weighted by molar-refractivity contribution is 6.23. The highest BCUT2D eigenvalue weighted by Crippen LogP contribution is 2.28. The number of allylic oxidation sites excluding steroid dienone is 4. The molecular formula is C32H46N4O7. The van der Waals surface area contributed by atoms with Crippen LogP contribution in [0.5, 0.6) is 0 Å². The number of primary amides is 1. The van der Waals surface area contributed by atoms with Crippen LogP contribution in [0.3, 0.4) is 0 Å². The number of rotatable bonds is 7. The molecule has 5 N–H and O–H groups in total. The van der Waals surface area contributed by atoms with Crippen LogP contribution in [0, 0.1) is 11.8 Å². The fourth-order valence-corrected chi connectivity index (χ4v) is 5.41. The number of Topliss-reactive ketones (excluding diaryl/α,β-unsaturated/α-hetero) is 1. The van der Waals surface area contributed by atoms with E-state index in [2.05, 4.69) is 22.5 Å². The number of likely N-dealkylation sites (N-methyl/N-ethyl adjacent to an activating group) is 1. The fraction of sp³-hybridized carbons (Fsp3) is 0.500. The molecule has 6 atom stereocenters. The van der Waals surface area contributed by atoms with E-state index in [4.69, 9.17) is 19.9 Å². The Kier molecular flexibility index (Phi) is 13.8. The first kappa shape index (κ1) is 35.4. The number of nitrogens with two attached hydrogens (primary N) is 1. The lowest BCUT2D eigenvalue weighted by Crippen LogP contribution is -2.46. The summed E-state index contributed by atoms with van der Waals surface area (Å²) in [4.78, 5) is 51.3. The van der Waals surface area contributed by atoms with Crippen LogP contribution in [0.25, 0.3) is 0 Å². The van der Waals surface area contributed by atoms with E-state index < -0.39 is 35.8 Å². The number of carbonyl (C=O) groups excluding carboxylic acids is 4. The predicted octanol–water partition coefficient (Wildman–Crippen LogP) is 2.76. The molecule has 2 aliphatic rings. The second-order valence-corrected chi connectivity index (χ2v) is 10.9. The first-order chi connectivity index (χ1) is 20.4. The molecule has 0 unspecified atom stereocenters.